The van der Waals surface area contributed by atoms with E-state index < -0.39 is 17.8 Å². The van der Waals surface area contributed by atoms with E-state index in [9.17, 15) is 19.2 Å². The van der Waals surface area contributed by atoms with Crippen LogP contribution >= 0.6 is 0 Å². The Hall–Kier alpha value is -6.39. The number of piperidine rings is 1. The highest BCUT2D eigenvalue weighted by Crippen LogP contribution is 2.44. The first-order valence-electron chi connectivity index (χ1n) is 22.7. The second-order valence-electron chi connectivity index (χ2n) is 18.5. The normalized spacial score (nSPS) is 20.4. The number of H-pyrrole nitrogens is 2. The van der Waals surface area contributed by atoms with Gasteiger partial charge >= 0.3 is 12.2 Å². The van der Waals surface area contributed by atoms with E-state index in [1.54, 1.807) is 36.6 Å². The highest BCUT2D eigenvalue weighted by atomic mass is 19.1. The van der Waals surface area contributed by atoms with Gasteiger partial charge in [-0.05, 0) is 126 Å². The molecule has 3 atom stereocenters. The Morgan fingerprint density at radius 1 is 0.734 bits per heavy atom. The Kier molecular flexibility index (Phi) is 11.8. The van der Waals surface area contributed by atoms with Gasteiger partial charge in [-0.3, -0.25) is 9.59 Å². The molecule has 5 N–H and O–H groups in total. The summed E-state index contributed by atoms with van der Waals surface area (Å²) in [6, 6.07) is 15.5. The zero-order valence-corrected chi connectivity index (χ0v) is 36.7. The van der Waals surface area contributed by atoms with Crippen LogP contribution in [-0.4, -0.2) is 110 Å². The standard InChI is InChI=1S/C47H57FN10O6/c1-47(2,3)64-46(63)50-27-41(60)58-21-9-12-39(58)43-51-33-15-13-28(22-35(33)53-43)31-24-30(25-32(48)42(31)55-17-5-4-6-18-55)56-19-7-10-37(56)29-14-16-34-36(23-29)54-44(52-34)38-11-8-20-57(38)40(59)26-49-45(61)62/h13-16,22-25,37-39,49H,4-12,17-21,26-27H2,1-3H3,(H,50,63)(H,51,53)(H,52,54)(H,61,62)/t37?,38-,39-/m0/s1. The third-order valence-corrected chi connectivity index (χ3v) is 13.0. The Bertz CT molecular complexity index is 2580. The average molecular weight is 877 g/mol. The van der Waals surface area contributed by atoms with Crippen LogP contribution in [0, 0.1) is 5.82 Å². The molecule has 3 aromatic carbocycles. The number of aromatic amines is 2. The number of benzene rings is 3. The van der Waals surface area contributed by atoms with Gasteiger partial charge in [0.25, 0.3) is 0 Å². The Labute approximate surface area is 370 Å². The first kappa shape index (κ1) is 42.9. The number of likely N-dealkylation sites (tertiary alicyclic amines) is 2. The first-order valence-corrected chi connectivity index (χ1v) is 22.7. The number of alkyl carbamates (subject to hydrolysis) is 1. The largest absolute Gasteiger partial charge is 0.465 e. The van der Waals surface area contributed by atoms with Crippen LogP contribution in [0.25, 0.3) is 33.2 Å². The van der Waals surface area contributed by atoms with Crippen LogP contribution in [0.3, 0.4) is 0 Å². The summed E-state index contributed by atoms with van der Waals surface area (Å²) in [6.07, 6.45) is 6.13. The molecular weight excluding hydrogens is 820 g/mol. The molecular formula is C47H57FN10O6. The maximum atomic E-state index is 16.9. The van der Waals surface area contributed by atoms with Gasteiger partial charge in [0.05, 0.1) is 45.9 Å². The second-order valence-corrected chi connectivity index (χ2v) is 18.5. The van der Waals surface area contributed by atoms with Gasteiger partial charge < -0.3 is 50.0 Å². The van der Waals surface area contributed by atoms with Crippen molar-refractivity contribution in [1.29, 1.82) is 0 Å². The third-order valence-electron chi connectivity index (χ3n) is 13.0. The van der Waals surface area contributed by atoms with Gasteiger partial charge in [0.2, 0.25) is 11.8 Å². The lowest BCUT2D eigenvalue weighted by atomic mass is 9.98. The van der Waals surface area contributed by atoms with Gasteiger partial charge in [-0.1, -0.05) is 12.1 Å². The number of aromatic nitrogens is 4. The molecule has 4 aliphatic heterocycles. The van der Waals surface area contributed by atoms with Crippen molar-refractivity contribution in [2.24, 2.45) is 0 Å². The zero-order chi connectivity index (χ0) is 44.7. The number of halogens is 1. The van der Waals surface area contributed by atoms with Gasteiger partial charge in [-0.2, -0.15) is 0 Å². The van der Waals surface area contributed by atoms with Crippen molar-refractivity contribution in [3.05, 3.63) is 71.6 Å². The second kappa shape index (κ2) is 17.6. The number of imidazole rings is 2. The maximum Gasteiger partial charge on any atom is 0.408 e. The molecule has 4 saturated heterocycles. The fourth-order valence-corrected chi connectivity index (χ4v) is 10.1. The molecule has 16 nitrogen and oxygen atoms in total. The van der Waals surface area contributed by atoms with Crippen molar-refractivity contribution in [2.75, 3.05) is 55.6 Å². The first-order chi connectivity index (χ1) is 30.8. The monoisotopic (exact) mass is 876 g/mol. The minimum atomic E-state index is -1.24. The van der Waals surface area contributed by atoms with Crippen LogP contribution in [0.4, 0.5) is 25.4 Å². The van der Waals surface area contributed by atoms with Gasteiger partial charge in [-0.15, -0.1) is 0 Å². The number of carbonyl (C=O) groups is 4. The van der Waals surface area contributed by atoms with Crippen molar-refractivity contribution in [2.45, 2.75) is 102 Å². The van der Waals surface area contributed by atoms with Gasteiger partial charge in [-0.25, -0.2) is 23.9 Å². The number of nitrogens with one attached hydrogen (secondary N) is 4. The summed E-state index contributed by atoms with van der Waals surface area (Å²) in [6.45, 7) is 8.27. The molecule has 9 rings (SSSR count). The lowest BCUT2D eigenvalue weighted by Gasteiger charge is -2.33. The molecule has 4 amide bonds. The number of anilines is 2. The number of rotatable bonds is 10. The summed E-state index contributed by atoms with van der Waals surface area (Å²) in [7, 11) is 0. The molecule has 0 spiro atoms. The quantitative estimate of drug-likeness (QED) is 0.0929. The molecule has 6 heterocycles. The molecule has 1 unspecified atom stereocenters. The summed E-state index contributed by atoms with van der Waals surface area (Å²) in [5, 5.41) is 13.8. The number of carbonyl (C=O) groups excluding carboxylic acids is 3. The molecule has 0 aliphatic carbocycles. The molecule has 4 fully saturated rings. The van der Waals surface area contributed by atoms with Crippen molar-refractivity contribution >= 4 is 57.4 Å². The van der Waals surface area contributed by atoms with E-state index in [2.05, 4.69) is 48.6 Å². The molecule has 5 aromatic rings. The van der Waals surface area contributed by atoms with Crippen LogP contribution in [0.2, 0.25) is 0 Å². The van der Waals surface area contributed by atoms with Crippen molar-refractivity contribution in [1.82, 2.24) is 40.4 Å². The lowest BCUT2D eigenvalue weighted by molar-refractivity contribution is -0.132. The molecule has 2 aromatic heterocycles. The fourth-order valence-electron chi connectivity index (χ4n) is 10.1. The van der Waals surface area contributed by atoms with E-state index in [0.717, 1.165) is 122 Å². The van der Waals surface area contributed by atoms with E-state index >= 15 is 4.39 Å². The molecule has 338 valence electrons. The maximum absolute atomic E-state index is 16.9. The number of amides is 4. The van der Waals surface area contributed by atoms with Crippen LogP contribution in [0.5, 0.6) is 0 Å². The van der Waals surface area contributed by atoms with E-state index in [0.29, 0.717) is 30.4 Å². The molecule has 0 radical (unpaired) electrons. The Balaban J connectivity index is 0.988. The van der Waals surface area contributed by atoms with Crippen LogP contribution in [-0.2, 0) is 14.3 Å². The highest BCUT2D eigenvalue weighted by Gasteiger charge is 2.35. The third kappa shape index (κ3) is 8.89. The number of nitrogens with zero attached hydrogens (tertiary/aromatic N) is 6. The van der Waals surface area contributed by atoms with E-state index in [1.807, 2.05) is 24.3 Å². The molecule has 4 aliphatic rings. The summed E-state index contributed by atoms with van der Waals surface area (Å²) in [5.41, 5.74) is 6.68. The summed E-state index contributed by atoms with van der Waals surface area (Å²) in [4.78, 5) is 74.2. The average Bonchev–Trinajstić information content (AvgIpc) is 4.12. The SMILES string of the molecule is CC(C)(C)OC(=O)NCC(=O)N1CCC[C@H]1c1nc2ccc(-c3cc(N4CCCC4c4ccc5nc([C@@H]6CCCN6C(=O)CNC(=O)O)[nH]c5c4)cc(F)c3N3CCCCC3)cc2[nH]1. The summed E-state index contributed by atoms with van der Waals surface area (Å²) >= 11 is 0. The van der Waals surface area contributed by atoms with Gasteiger partial charge in [0.15, 0.2) is 0 Å². The number of carboxylic acid groups (broad SMARTS) is 1. The fraction of sp³-hybridized carbons (Fsp3) is 0.489. The van der Waals surface area contributed by atoms with Crippen molar-refractivity contribution in [3.8, 4) is 11.1 Å². The van der Waals surface area contributed by atoms with Crippen LogP contribution < -0.4 is 20.4 Å². The number of hydrogen-bond acceptors (Lipinski definition) is 9. The highest BCUT2D eigenvalue weighted by molar-refractivity contribution is 5.89. The predicted molar refractivity (Wildman–Crippen MR) is 241 cm³/mol. The topological polar surface area (TPSA) is 192 Å². The van der Waals surface area contributed by atoms with E-state index in [1.165, 1.54) is 0 Å². The number of ether oxygens (including phenoxy) is 1. The molecule has 0 saturated carbocycles. The van der Waals surface area contributed by atoms with E-state index in [4.69, 9.17) is 19.8 Å². The molecule has 0 bridgehead atoms. The summed E-state index contributed by atoms with van der Waals surface area (Å²) < 4.78 is 22.2. The lowest BCUT2D eigenvalue weighted by Crippen LogP contribution is -2.41. The number of hydrogen-bond donors (Lipinski definition) is 5. The van der Waals surface area contributed by atoms with Crippen LogP contribution in [0.1, 0.15) is 114 Å². The van der Waals surface area contributed by atoms with E-state index in [-0.39, 0.29) is 48.8 Å². The zero-order valence-electron chi connectivity index (χ0n) is 36.7. The van der Waals surface area contributed by atoms with Crippen LogP contribution in [0.15, 0.2) is 48.5 Å². The Morgan fingerprint density at radius 2 is 1.33 bits per heavy atom. The van der Waals surface area contributed by atoms with Crippen molar-refractivity contribution < 1.29 is 33.4 Å². The summed E-state index contributed by atoms with van der Waals surface area (Å²) in [5.74, 6) is 0.610. The molecule has 64 heavy (non-hydrogen) atoms. The predicted octanol–water partition coefficient (Wildman–Crippen LogP) is 7.70. The van der Waals surface area contributed by atoms with Gasteiger partial charge in [0.1, 0.15) is 36.2 Å². The Morgan fingerprint density at radius 3 is 1.97 bits per heavy atom. The number of fused-ring (bicyclic) bond motifs is 2. The van der Waals surface area contributed by atoms with Crippen molar-refractivity contribution in [3.63, 3.8) is 0 Å². The molecule has 17 heteroatoms. The smallest absolute Gasteiger partial charge is 0.408 e. The van der Waals surface area contributed by atoms with Gasteiger partial charge in [0, 0.05) is 44.0 Å². The minimum Gasteiger partial charge on any atom is -0.465 e. The minimum absolute atomic E-state index is 0.00932.